The molecule has 0 unspecified atom stereocenters. The van der Waals surface area contributed by atoms with Crippen LogP contribution in [-0.2, 0) is 9.59 Å². The van der Waals surface area contributed by atoms with E-state index in [1.54, 1.807) is 0 Å². The van der Waals surface area contributed by atoms with Gasteiger partial charge >= 0.3 is 0 Å². The van der Waals surface area contributed by atoms with Gasteiger partial charge in [0.2, 0.25) is 24.0 Å². The molecule has 0 bridgehead atoms. The highest BCUT2D eigenvalue weighted by atomic mass is 32.2. The van der Waals surface area contributed by atoms with Gasteiger partial charge in [-0.2, -0.15) is 0 Å². The Labute approximate surface area is 115 Å². The maximum Gasteiger partial charge on any atom is 0.236 e. The first kappa shape index (κ1) is 13.4. The van der Waals surface area contributed by atoms with Crippen molar-refractivity contribution in [3.8, 4) is 0 Å². The normalized spacial score (nSPS) is 10.2. The Kier molecular flexibility index (Phi) is 4.41. The Morgan fingerprint density at radius 2 is 2.21 bits per heavy atom. The van der Waals surface area contributed by atoms with Crippen LogP contribution in [0.3, 0.4) is 0 Å². The van der Waals surface area contributed by atoms with Crippen LogP contribution in [0.4, 0.5) is 11.6 Å². The minimum Gasteiger partial charge on any atom is -0.307 e. The van der Waals surface area contributed by atoms with Crippen molar-refractivity contribution < 1.29 is 14.2 Å². The fraction of sp³-hybridized carbons (Fsp3) is 0.250. The van der Waals surface area contributed by atoms with E-state index in [2.05, 4.69) is 35.8 Å². The second kappa shape index (κ2) is 6.24. The number of nitrogens with zero attached hydrogens (tertiary/aromatic N) is 4. The number of nitrogens with one attached hydrogen (secondary N) is 2. The highest BCUT2D eigenvalue weighted by molar-refractivity contribution is 8.01. The number of hydrogen-bond donors (Lipinski definition) is 2. The van der Waals surface area contributed by atoms with Crippen molar-refractivity contribution in [1.29, 1.82) is 0 Å². The van der Waals surface area contributed by atoms with Crippen LogP contribution >= 0.6 is 23.1 Å². The van der Waals surface area contributed by atoms with Crippen molar-refractivity contribution in [3.63, 3.8) is 0 Å². The smallest absolute Gasteiger partial charge is 0.236 e. The van der Waals surface area contributed by atoms with Crippen molar-refractivity contribution in [3.05, 3.63) is 5.01 Å². The third-order valence-electron chi connectivity index (χ3n) is 1.78. The summed E-state index contributed by atoms with van der Waals surface area (Å²) in [5, 5.41) is 20.1. The van der Waals surface area contributed by atoms with Gasteiger partial charge in [0.1, 0.15) is 5.01 Å². The third-order valence-corrected chi connectivity index (χ3v) is 3.75. The molecule has 0 saturated heterocycles. The fourth-order valence-corrected chi connectivity index (χ4v) is 2.67. The molecule has 0 aliphatic carbocycles. The Hall–Kier alpha value is -2.01. The van der Waals surface area contributed by atoms with E-state index in [1.807, 2.05) is 6.92 Å². The average molecular weight is 300 g/mol. The van der Waals surface area contributed by atoms with Crippen LogP contribution in [0, 0.1) is 6.92 Å². The summed E-state index contributed by atoms with van der Waals surface area (Å²) in [6.45, 7) is 1.83. The van der Waals surface area contributed by atoms with Gasteiger partial charge in [-0.3, -0.25) is 9.59 Å². The number of rotatable bonds is 6. The molecule has 0 fully saturated rings. The fourth-order valence-electron chi connectivity index (χ4n) is 1.05. The molecule has 9 nitrogen and oxygen atoms in total. The molecule has 0 aliphatic rings. The van der Waals surface area contributed by atoms with Crippen LogP contribution in [0.2, 0.25) is 0 Å². The number of carbonyl (C=O) groups is 2. The standard InChI is InChI=1S/C8H8N6O3S2/c1-4-11-12-8(19-4)18-2-5(16)10-7-6(9-3-15)13-17-14-7/h3H,2H2,1H3,(H,9,13,15)(H,10,14,16). The predicted octanol–water partition coefficient (Wildman–Crippen LogP) is 0.529. The summed E-state index contributed by atoms with van der Waals surface area (Å²) in [6.07, 6.45) is 0.411. The summed E-state index contributed by atoms with van der Waals surface area (Å²) in [6, 6.07) is 0. The van der Waals surface area contributed by atoms with Crippen LogP contribution in [0.5, 0.6) is 0 Å². The summed E-state index contributed by atoms with van der Waals surface area (Å²) < 4.78 is 5.11. The summed E-state index contributed by atoms with van der Waals surface area (Å²) >= 11 is 2.66. The lowest BCUT2D eigenvalue weighted by molar-refractivity contribution is -0.113. The van der Waals surface area contributed by atoms with Crippen molar-refractivity contribution >= 4 is 47.1 Å². The molecule has 19 heavy (non-hydrogen) atoms. The van der Waals surface area contributed by atoms with E-state index in [9.17, 15) is 9.59 Å². The number of thioether (sulfide) groups is 1. The van der Waals surface area contributed by atoms with E-state index in [1.165, 1.54) is 23.1 Å². The maximum atomic E-state index is 11.6. The van der Waals surface area contributed by atoms with E-state index in [0.717, 1.165) is 5.01 Å². The van der Waals surface area contributed by atoms with Gasteiger partial charge in [0.05, 0.1) is 5.75 Å². The minimum absolute atomic E-state index is 0.0557. The van der Waals surface area contributed by atoms with Gasteiger partial charge < -0.3 is 10.6 Å². The van der Waals surface area contributed by atoms with Gasteiger partial charge in [-0.15, -0.1) is 10.2 Å². The molecule has 100 valence electrons. The Morgan fingerprint density at radius 3 is 2.89 bits per heavy atom. The SMILES string of the molecule is Cc1nnc(SCC(=O)Nc2nonc2NC=O)s1. The molecular weight excluding hydrogens is 292 g/mol. The largest absolute Gasteiger partial charge is 0.307 e. The van der Waals surface area contributed by atoms with Crippen molar-refractivity contribution in [2.75, 3.05) is 16.4 Å². The van der Waals surface area contributed by atoms with Crippen LogP contribution in [0.15, 0.2) is 8.97 Å². The Bertz CT molecular complexity index is 583. The molecule has 2 rings (SSSR count). The average Bonchev–Trinajstić information content (AvgIpc) is 2.97. The molecule has 2 heterocycles. The summed E-state index contributed by atoms with van der Waals surface area (Å²) in [7, 11) is 0. The van der Waals surface area contributed by atoms with E-state index < -0.39 is 0 Å². The quantitative estimate of drug-likeness (QED) is 0.585. The molecule has 11 heteroatoms. The van der Waals surface area contributed by atoms with E-state index in [0.29, 0.717) is 10.7 Å². The Morgan fingerprint density at radius 1 is 1.42 bits per heavy atom. The molecule has 0 atom stereocenters. The van der Waals surface area contributed by atoms with Gasteiger partial charge in [0.15, 0.2) is 4.34 Å². The number of anilines is 2. The molecule has 0 saturated carbocycles. The van der Waals surface area contributed by atoms with Gasteiger partial charge in [-0.25, -0.2) is 4.63 Å². The summed E-state index contributed by atoms with van der Waals surface area (Å²) in [5.74, 6) is -0.0593. The van der Waals surface area contributed by atoms with Crippen molar-refractivity contribution in [2.24, 2.45) is 0 Å². The van der Waals surface area contributed by atoms with E-state index in [4.69, 9.17) is 0 Å². The second-order valence-electron chi connectivity index (χ2n) is 3.15. The molecular formula is C8H8N6O3S2. The number of aromatic nitrogens is 4. The zero-order valence-corrected chi connectivity index (χ0v) is 11.2. The summed E-state index contributed by atoms with van der Waals surface area (Å²) in [4.78, 5) is 21.9. The molecule has 0 spiro atoms. The molecule has 0 aromatic carbocycles. The van der Waals surface area contributed by atoms with Crippen LogP contribution in [-0.4, -0.2) is 38.6 Å². The maximum absolute atomic E-state index is 11.6. The first-order chi connectivity index (χ1) is 9.19. The van der Waals surface area contributed by atoms with Crippen LogP contribution in [0.25, 0.3) is 0 Å². The molecule has 2 aromatic rings. The second-order valence-corrected chi connectivity index (χ2v) is 5.55. The van der Waals surface area contributed by atoms with Crippen molar-refractivity contribution in [2.45, 2.75) is 11.3 Å². The highest BCUT2D eigenvalue weighted by Gasteiger charge is 2.13. The summed E-state index contributed by atoms with van der Waals surface area (Å²) in [5.41, 5.74) is 0. The predicted molar refractivity (Wildman–Crippen MR) is 68.0 cm³/mol. The molecule has 2 amide bonds. The molecule has 2 aromatic heterocycles. The first-order valence-corrected chi connectivity index (χ1v) is 6.74. The zero-order valence-electron chi connectivity index (χ0n) is 9.61. The van der Waals surface area contributed by atoms with Crippen LogP contribution in [0.1, 0.15) is 5.01 Å². The first-order valence-electron chi connectivity index (χ1n) is 4.94. The van der Waals surface area contributed by atoms with Crippen LogP contribution < -0.4 is 10.6 Å². The van der Waals surface area contributed by atoms with E-state index >= 15 is 0 Å². The van der Waals surface area contributed by atoms with Gasteiger partial charge in [0.25, 0.3) is 0 Å². The topological polar surface area (TPSA) is 123 Å². The monoisotopic (exact) mass is 300 g/mol. The zero-order chi connectivity index (χ0) is 13.7. The van der Waals surface area contributed by atoms with Gasteiger partial charge in [-0.05, 0) is 17.2 Å². The van der Waals surface area contributed by atoms with Gasteiger partial charge in [-0.1, -0.05) is 23.1 Å². The lowest BCUT2D eigenvalue weighted by Gasteiger charge is -2.00. The number of aryl methyl sites for hydroxylation is 1. The van der Waals surface area contributed by atoms with E-state index in [-0.39, 0.29) is 23.3 Å². The molecule has 0 radical (unpaired) electrons. The lowest BCUT2D eigenvalue weighted by Crippen LogP contribution is -2.15. The number of amides is 2. The number of carbonyl (C=O) groups excluding carboxylic acids is 2. The lowest BCUT2D eigenvalue weighted by atomic mass is 10.6. The Balaban J connectivity index is 1.87. The minimum atomic E-state index is -0.317. The highest BCUT2D eigenvalue weighted by Crippen LogP contribution is 2.22. The van der Waals surface area contributed by atoms with Crippen molar-refractivity contribution in [1.82, 2.24) is 20.5 Å². The third kappa shape index (κ3) is 3.72. The number of hydrogen-bond acceptors (Lipinski definition) is 9. The van der Waals surface area contributed by atoms with Gasteiger partial charge in [0, 0.05) is 0 Å². The molecule has 0 aliphatic heterocycles. The molecule has 2 N–H and O–H groups in total.